The van der Waals surface area contributed by atoms with Gasteiger partial charge in [-0.15, -0.1) is 0 Å². The number of carbonyl (C=O) groups excluding carboxylic acids is 2. The van der Waals surface area contributed by atoms with Crippen molar-refractivity contribution in [2.75, 3.05) is 13.7 Å². The van der Waals surface area contributed by atoms with E-state index in [2.05, 4.69) is 10.0 Å². The van der Waals surface area contributed by atoms with Crippen LogP contribution in [0, 0.1) is 0 Å². The van der Waals surface area contributed by atoms with Crippen LogP contribution >= 0.6 is 0 Å². The molecule has 0 spiro atoms. The summed E-state index contributed by atoms with van der Waals surface area (Å²) in [6.07, 6.45) is 0. The third kappa shape index (κ3) is 7.56. The molecule has 0 aromatic heterocycles. The van der Waals surface area contributed by atoms with Crippen molar-refractivity contribution in [1.82, 2.24) is 10.0 Å². The minimum Gasteiger partial charge on any atom is -0.495 e. The average molecular weight is 400 g/mol. The lowest BCUT2D eigenvalue weighted by Crippen LogP contribution is -2.42. The molecule has 0 aliphatic heterocycles. The van der Waals surface area contributed by atoms with Gasteiger partial charge in [-0.1, -0.05) is 0 Å². The van der Waals surface area contributed by atoms with Gasteiger partial charge < -0.3 is 14.8 Å². The molecule has 1 rings (SSSR count). The van der Waals surface area contributed by atoms with Crippen LogP contribution in [0.1, 0.15) is 51.9 Å². The number of amides is 1. The molecule has 9 heteroatoms. The van der Waals surface area contributed by atoms with Crippen molar-refractivity contribution in [3.63, 3.8) is 0 Å². The molecule has 1 aromatic carbocycles. The highest BCUT2D eigenvalue weighted by atomic mass is 32.2. The highest BCUT2D eigenvalue weighted by Gasteiger charge is 2.27. The maximum absolute atomic E-state index is 12.6. The Morgan fingerprint density at radius 3 is 2.11 bits per heavy atom. The summed E-state index contributed by atoms with van der Waals surface area (Å²) < 4.78 is 37.8. The van der Waals surface area contributed by atoms with Crippen LogP contribution in [0.15, 0.2) is 23.1 Å². The Kier molecular flexibility index (Phi) is 7.01. The van der Waals surface area contributed by atoms with Crippen molar-refractivity contribution >= 4 is 21.9 Å². The topological polar surface area (TPSA) is 111 Å². The molecule has 0 atom stereocenters. The molecule has 8 nitrogen and oxygen atoms in total. The van der Waals surface area contributed by atoms with Crippen molar-refractivity contribution in [1.29, 1.82) is 0 Å². The van der Waals surface area contributed by atoms with Gasteiger partial charge in [-0.2, -0.15) is 0 Å². The fraction of sp³-hybridized carbons (Fsp3) is 0.556. The summed E-state index contributed by atoms with van der Waals surface area (Å²) in [6.45, 7) is 10.0. The molecule has 0 fully saturated rings. The summed E-state index contributed by atoms with van der Waals surface area (Å²) in [5.41, 5.74) is -1.18. The first-order valence-electron chi connectivity index (χ1n) is 8.35. The number of ether oxygens (including phenoxy) is 2. The zero-order valence-electron chi connectivity index (χ0n) is 16.8. The first-order chi connectivity index (χ1) is 12.1. The van der Waals surface area contributed by atoms with E-state index in [4.69, 9.17) is 9.47 Å². The van der Waals surface area contributed by atoms with E-state index in [-0.39, 0.29) is 16.2 Å². The molecule has 0 saturated heterocycles. The molecule has 0 bridgehead atoms. The maximum Gasteiger partial charge on any atom is 0.338 e. The summed E-state index contributed by atoms with van der Waals surface area (Å²) >= 11 is 0. The van der Waals surface area contributed by atoms with Gasteiger partial charge in [-0.25, -0.2) is 17.9 Å². The van der Waals surface area contributed by atoms with E-state index in [1.807, 2.05) is 0 Å². The monoisotopic (exact) mass is 400 g/mol. The maximum atomic E-state index is 12.6. The molecule has 27 heavy (non-hydrogen) atoms. The number of esters is 1. The predicted molar refractivity (Wildman–Crippen MR) is 101 cm³/mol. The lowest BCUT2D eigenvalue weighted by atomic mass is 10.1. The zero-order valence-corrected chi connectivity index (χ0v) is 17.6. The minimum atomic E-state index is -3.93. The Morgan fingerprint density at radius 2 is 1.63 bits per heavy atom. The number of sulfonamides is 1. The predicted octanol–water partition coefficient (Wildman–Crippen LogP) is 1.84. The van der Waals surface area contributed by atoms with Crippen LogP contribution in [0.25, 0.3) is 0 Å². The fourth-order valence-corrected chi connectivity index (χ4v) is 3.76. The molecular weight excluding hydrogens is 372 g/mol. The fourth-order valence-electron chi connectivity index (χ4n) is 2.14. The number of rotatable bonds is 6. The first kappa shape index (κ1) is 22.9. The van der Waals surface area contributed by atoms with Gasteiger partial charge >= 0.3 is 5.97 Å². The van der Waals surface area contributed by atoms with Gasteiger partial charge in [-0.3, -0.25) is 4.79 Å². The molecule has 0 aliphatic carbocycles. The van der Waals surface area contributed by atoms with Crippen LogP contribution < -0.4 is 14.8 Å². The summed E-state index contributed by atoms with van der Waals surface area (Å²) in [5.74, 6) is -1.17. The highest BCUT2D eigenvalue weighted by Crippen LogP contribution is 2.26. The Morgan fingerprint density at radius 1 is 1.04 bits per heavy atom. The van der Waals surface area contributed by atoms with Crippen molar-refractivity contribution in [3.8, 4) is 5.75 Å². The van der Waals surface area contributed by atoms with E-state index in [0.29, 0.717) is 0 Å². The Labute approximate surface area is 160 Å². The van der Waals surface area contributed by atoms with Crippen LogP contribution in [0.4, 0.5) is 0 Å². The molecular formula is C18H28N2O6S. The van der Waals surface area contributed by atoms with Crippen molar-refractivity contribution < 1.29 is 27.5 Å². The second-order valence-corrected chi connectivity index (χ2v) is 9.75. The van der Waals surface area contributed by atoms with Gasteiger partial charge in [0.25, 0.3) is 5.91 Å². The molecule has 0 radical (unpaired) electrons. The number of carbonyl (C=O) groups is 2. The van der Waals surface area contributed by atoms with Crippen LogP contribution in [0.2, 0.25) is 0 Å². The summed E-state index contributed by atoms with van der Waals surface area (Å²) in [4.78, 5) is 23.8. The largest absolute Gasteiger partial charge is 0.495 e. The van der Waals surface area contributed by atoms with Gasteiger partial charge in [0, 0.05) is 11.1 Å². The molecule has 1 amide bonds. The number of benzene rings is 1. The van der Waals surface area contributed by atoms with E-state index in [1.165, 1.54) is 19.2 Å². The minimum absolute atomic E-state index is 0.00589. The van der Waals surface area contributed by atoms with Crippen LogP contribution in [0.3, 0.4) is 0 Å². The van der Waals surface area contributed by atoms with Gasteiger partial charge in [0.1, 0.15) is 10.6 Å². The summed E-state index contributed by atoms with van der Waals surface area (Å²) in [5, 5.41) is 2.66. The van der Waals surface area contributed by atoms with Crippen LogP contribution in [0.5, 0.6) is 5.75 Å². The Bertz CT molecular complexity index is 804. The third-order valence-corrected chi connectivity index (χ3v) is 4.76. The number of nitrogens with one attached hydrogen (secondary N) is 2. The number of hydrogen-bond acceptors (Lipinski definition) is 6. The van der Waals surface area contributed by atoms with Gasteiger partial charge in [-0.05, 0) is 59.7 Å². The van der Waals surface area contributed by atoms with Crippen LogP contribution in [-0.4, -0.2) is 45.1 Å². The van der Waals surface area contributed by atoms with Gasteiger partial charge in [0.2, 0.25) is 10.0 Å². The Balaban J connectivity index is 3.04. The molecule has 0 saturated carbocycles. The van der Waals surface area contributed by atoms with E-state index >= 15 is 0 Å². The third-order valence-electron chi connectivity index (χ3n) is 2.98. The molecule has 152 valence electrons. The van der Waals surface area contributed by atoms with Crippen LogP contribution in [-0.2, 0) is 19.6 Å². The lowest BCUT2D eigenvalue weighted by molar-refractivity contribution is -0.125. The van der Waals surface area contributed by atoms with E-state index in [9.17, 15) is 18.0 Å². The van der Waals surface area contributed by atoms with Gasteiger partial charge in [0.15, 0.2) is 6.61 Å². The SMILES string of the molecule is COc1ccc(C(=O)OCC(=O)NC(C)(C)C)cc1S(=O)(=O)NC(C)(C)C. The standard InChI is InChI=1S/C18H28N2O6S/c1-17(2,3)19-15(21)11-26-16(22)12-8-9-13(25-7)14(10-12)27(23,24)20-18(4,5)6/h8-10,20H,11H2,1-7H3,(H,19,21). The summed E-state index contributed by atoms with van der Waals surface area (Å²) in [6, 6.07) is 3.90. The van der Waals surface area contributed by atoms with Crippen molar-refractivity contribution in [2.24, 2.45) is 0 Å². The first-order valence-corrected chi connectivity index (χ1v) is 9.83. The second kappa shape index (κ2) is 8.26. The average Bonchev–Trinajstić information content (AvgIpc) is 2.48. The number of methoxy groups -OCH3 is 1. The van der Waals surface area contributed by atoms with Crippen molar-refractivity contribution in [3.05, 3.63) is 23.8 Å². The second-order valence-electron chi connectivity index (χ2n) is 8.10. The molecule has 0 aliphatic rings. The van der Waals surface area contributed by atoms with Crippen molar-refractivity contribution in [2.45, 2.75) is 57.5 Å². The smallest absolute Gasteiger partial charge is 0.338 e. The molecule has 2 N–H and O–H groups in total. The molecule has 0 unspecified atom stereocenters. The lowest BCUT2D eigenvalue weighted by Gasteiger charge is -2.21. The highest BCUT2D eigenvalue weighted by molar-refractivity contribution is 7.89. The Hall–Kier alpha value is -2.13. The quantitative estimate of drug-likeness (QED) is 0.705. The normalized spacial score (nSPS) is 12.4. The molecule has 0 heterocycles. The summed E-state index contributed by atoms with van der Waals surface area (Å²) in [7, 11) is -2.60. The van der Waals surface area contributed by atoms with Gasteiger partial charge in [0.05, 0.1) is 12.7 Å². The van der Waals surface area contributed by atoms with E-state index in [1.54, 1.807) is 41.5 Å². The molecule has 1 aromatic rings. The number of hydrogen-bond donors (Lipinski definition) is 2. The van der Waals surface area contributed by atoms with E-state index < -0.39 is 39.6 Å². The zero-order chi connectivity index (χ0) is 21.0. The van der Waals surface area contributed by atoms with E-state index in [0.717, 1.165) is 6.07 Å².